The molecule has 1 unspecified atom stereocenters. The molecule has 0 aliphatic carbocycles. The van der Waals surface area contributed by atoms with E-state index in [2.05, 4.69) is 4.40 Å². The number of rotatable bonds is 3. The zero-order chi connectivity index (χ0) is 15.5. The molecule has 0 amide bonds. The predicted octanol–water partition coefficient (Wildman–Crippen LogP) is 4.29. The van der Waals surface area contributed by atoms with Gasteiger partial charge in [-0.1, -0.05) is 54.6 Å². The Morgan fingerprint density at radius 3 is 2.10 bits per heavy atom. The largest absolute Gasteiger partial charge is 0.234 e. The van der Waals surface area contributed by atoms with Gasteiger partial charge in [-0.2, -0.15) is 4.40 Å². The molecule has 0 fully saturated rings. The van der Waals surface area contributed by atoms with Crippen LogP contribution in [0, 0.1) is 6.92 Å². The van der Waals surface area contributed by atoms with E-state index in [1.165, 1.54) is 0 Å². The molecule has 0 radical (unpaired) electrons. The van der Waals surface area contributed by atoms with Crippen molar-refractivity contribution in [1.29, 1.82) is 0 Å². The summed E-state index contributed by atoms with van der Waals surface area (Å²) < 4.78 is 16.6. The average molecular weight is 299 g/mol. The van der Waals surface area contributed by atoms with E-state index >= 15 is 0 Å². The van der Waals surface area contributed by atoms with Crippen molar-refractivity contribution in [1.82, 2.24) is 0 Å². The first-order valence-corrected chi connectivity index (χ1v) is 8.12. The van der Waals surface area contributed by atoms with Crippen molar-refractivity contribution >= 4 is 16.7 Å². The van der Waals surface area contributed by atoms with Crippen LogP contribution in [-0.2, 0) is 11.0 Å². The Kier molecular flexibility index (Phi) is 4.73. The van der Waals surface area contributed by atoms with Gasteiger partial charge in [-0.15, -0.1) is 0 Å². The van der Waals surface area contributed by atoms with Gasteiger partial charge >= 0.3 is 0 Å². The number of hydrogen-bond donors (Lipinski definition) is 0. The van der Waals surface area contributed by atoms with Gasteiger partial charge in [0.25, 0.3) is 0 Å². The van der Waals surface area contributed by atoms with Crippen LogP contribution in [0.4, 0.5) is 0 Å². The lowest BCUT2D eigenvalue weighted by Crippen LogP contribution is -2.21. The predicted molar refractivity (Wildman–Crippen MR) is 91.2 cm³/mol. The molecule has 0 heterocycles. The molecule has 2 aromatic carbocycles. The molecular formula is C18H21NOS. The lowest BCUT2D eigenvalue weighted by atomic mass is 9.99. The van der Waals surface area contributed by atoms with Gasteiger partial charge in [0.2, 0.25) is 0 Å². The summed E-state index contributed by atoms with van der Waals surface area (Å²) >= 11 is 0. The van der Waals surface area contributed by atoms with Gasteiger partial charge in [0.15, 0.2) is 0 Å². The van der Waals surface area contributed by atoms with E-state index in [4.69, 9.17) is 0 Å². The van der Waals surface area contributed by atoms with Crippen LogP contribution < -0.4 is 0 Å². The smallest absolute Gasteiger partial charge is 0.145 e. The number of nitrogens with zero attached hydrogens (tertiary/aromatic N) is 1. The summed E-state index contributed by atoms with van der Waals surface area (Å²) in [4.78, 5) is 0. The van der Waals surface area contributed by atoms with E-state index in [1.807, 2.05) is 82.3 Å². The van der Waals surface area contributed by atoms with E-state index in [0.29, 0.717) is 0 Å². The van der Waals surface area contributed by atoms with Crippen molar-refractivity contribution < 1.29 is 4.21 Å². The Labute approximate surface area is 129 Å². The fraction of sp³-hybridized carbons (Fsp3) is 0.278. The molecule has 0 N–H and O–H groups in total. The van der Waals surface area contributed by atoms with Crippen LogP contribution in [0.3, 0.4) is 0 Å². The number of aryl methyl sites for hydroxylation is 1. The summed E-state index contributed by atoms with van der Waals surface area (Å²) in [5.41, 5.74) is 3.94. The fourth-order valence-electron chi connectivity index (χ4n) is 1.91. The van der Waals surface area contributed by atoms with Crippen molar-refractivity contribution in [3.63, 3.8) is 0 Å². The number of benzene rings is 2. The van der Waals surface area contributed by atoms with Crippen LogP contribution in [0.5, 0.6) is 0 Å². The van der Waals surface area contributed by atoms with Crippen LogP contribution in [0.1, 0.15) is 37.5 Å². The Balaban J connectivity index is 2.59. The third kappa shape index (κ3) is 3.88. The van der Waals surface area contributed by atoms with E-state index in [1.54, 1.807) is 0 Å². The van der Waals surface area contributed by atoms with Gasteiger partial charge in [0.1, 0.15) is 11.0 Å². The molecular weight excluding hydrogens is 278 g/mol. The quantitative estimate of drug-likeness (QED) is 0.777. The molecule has 0 saturated carbocycles. The van der Waals surface area contributed by atoms with Crippen molar-refractivity contribution in [2.45, 2.75) is 32.4 Å². The normalized spacial score (nSPS) is 14.0. The monoisotopic (exact) mass is 299 g/mol. The third-order valence-corrected chi connectivity index (χ3v) is 4.54. The highest BCUT2D eigenvalue weighted by atomic mass is 32.2. The van der Waals surface area contributed by atoms with Crippen LogP contribution >= 0.6 is 0 Å². The molecule has 2 rings (SSSR count). The van der Waals surface area contributed by atoms with Gasteiger partial charge in [-0.3, -0.25) is 0 Å². The fourth-order valence-corrected chi connectivity index (χ4v) is 2.56. The zero-order valence-corrected chi connectivity index (χ0v) is 13.8. The SMILES string of the molecule is Cc1ccccc1/C(=N/S(=O)C(C)(C)C)c1ccccc1. The van der Waals surface area contributed by atoms with Gasteiger partial charge in [-0.25, -0.2) is 4.21 Å². The highest BCUT2D eigenvalue weighted by molar-refractivity contribution is 7.85. The molecule has 2 aromatic rings. The van der Waals surface area contributed by atoms with E-state index in [9.17, 15) is 4.21 Å². The summed E-state index contributed by atoms with van der Waals surface area (Å²) in [6.45, 7) is 7.86. The van der Waals surface area contributed by atoms with Crippen molar-refractivity contribution in [3.8, 4) is 0 Å². The molecule has 2 nitrogen and oxygen atoms in total. The van der Waals surface area contributed by atoms with Crippen LogP contribution in [-0.4, -0.2) is 14.7 Å². The van der Waals surface area contributed by atoms with E-state index in [-0.39, 0.29) is 4.75 Å². The minimum atomic E-state index is -1.29. The standard InChI is InChI=1S/C18H21NOS/c1-14-10-8-9-13-16(14)17(15-11-6-5-7-12-15)19-21(20)18(2,3)4/h5-13H,1-4H3/b19-17+. The van der Waals surface area contributed by atoms with Crippen molar-refractivity contribution in [2.75, 3.05) is 0 Å². The van der Waals surface area contributed by atoms with Gasteiger partial charge in [0.05, 0.1) is 10.5 Å². The second-order valence-electron chi connectivity index (χ2n) is 5.98. The average Bonchev–Trinajstić information content (AvgIpc) is 2.45. The Morgan fingerprint density at radius 2 is 1.52 bits per heavy atom. The van der Waals surface area contributed by atoms with E-state index in [0.717, 1.165) is 22.4 Å². The zero-order valence-electron chi connectivity index (χ0n) is 13.0. The Bertz CT molecular complexity index is 669. The second kappa shape index (κ2) is 6.35. The topological polar surface area (TPSA) is 29.4 Å². The first-order chi connectivity index (χ1) is 9.89. The lowest BCUT2D eigenvalue weighted by Gasteiger charge is -2.16. The van der Waals surface area contributed by atoms with Crippen molar-refractivity contribution in [3.05, 3.63) is 71.3 Å². The Hall–Kier alpha value is -1.74. The molecule has 0 aromatic heterocycles. The van der Waals surface area contributed by atoms with E-state index < -0.39 is 11.0 Å². The molecule has 0 bridgehead atoms. The highest BCUT2D eigenvalue weighted by Gasteiger charge is 2.21. The first-order valence-electron chi connectivity index (χ1n) is 7.02. The molecule has 0 aliphatic rings. The minimum absolute atomic E-state index is 0.372. The highest BCUT2D eigenvalue weighted by Crippen LogP contribution is 2.19. The van der Waals surface area contributed by atoms with Gasteiger partial charge in [-0.05, 0) is 33.3 Å². The Morgan fingerprint density at radius 1 is 0.952 bits per heavy atom. The number of hydrogen-bond acceptors (Lipinski definition) is 1. The summed E-state index contributed by atoms with van der Waals surface area (Å²) in [7, 11) is -1.29. The van der Waals surface area contributed by atoms with Crippen LogP contribution in [0.25, 0.3) is 0 Å². The molecule has 21 heavy (non-hydrogen) atoms. The molecule has 110 valence electrons. The van der Waals surface area contributed by atoms with Crippen molar-refractivity contribution in [2.24, 2.45) is 4.40 Å². The lowest BCUT2D eigenvalue weighted by molar-refractivity contribution is 0.650. The molecule has 3 heteroatoms. The first kappa shape index (κ1) is 15.6. The molecule has 0 saturated heterocycles. The van der Waals surface area contributed by atoms with Gasteiger partial charge in [0, 0.05) is 11.1 Å². The summed E-state index contributed by atoms with van der Waals surface area (Å²) in [6, 6.07) is 18.0. The summed E-state index contributed by atoms with van der Waals surface area (Å²) in [5.74, 6) is 0. The maximum atomic E-state index is 12.5. The summed E-state index contributed by atoms with van der Waals surface area (Å²) in [6.07, 6.45) is 0. The molecule has 0 aliphatic heterocycles. The second-order valence-corrected chi connectivity index (χ2v) is 7.89. The van der Waals surface area contributed by atoms with Crippen LogP contribution in [0.15, 0.2) is 59.0 Å². The molecule has 0 spiro atoms. The van der Waals surface area contributed by atoms with Crippen LogP contribution in [0.2, 0.25) is 0 Å². The minimum Gasteiger partial charge on any atom is -0.234 e. The maximum absolute atomic E-state index is 12.5. The molecule has 1 atom stereocenters. The summed E-state index contributed by atoms with van der Waals surface area (Å²) in [5, 5.41) is 0. The third-order valence-electron chi connectivity index (χ3n) is 3.15. The maximum Gasteiger partial charge on any atom is 0.145 e. The van der Waals surface area contributed by atoms with Gasteiger partial charge < -0.3 is 0 Å².